The molecule has 0 aliphatic heterocycles. The summed E-state index contributed by atoms with van der Waals surface area (Å²) in [5.74, 6) is -0.262. The molecule has 1 aromatic heterocycles. The highest BCUT2D eigenvalue weighted by atomic mass is 16.3. The number of fused-ring (bicyclic) bond motifs is 1. The van der Waals surface area contributed by atoms with Gasteiger partial charge in [-0.25, -0.2) is 0 Å². The predicted molar refractivity (Wildman–Crippen MR) is 107 cm³/mol. The number of benzene rings is 2. The van der Waals surface area contributed by atoms with E-state index in [2.05, 4.69) is 10.2 Å². The number of azo groups is 1. The largest absolute Gasteiger partial charge is 0.493 e. The van der Waals surface area contributed by atoms with Crippen molar-refractivity contribution in [3.63, 3.8) is 0 Å². The Morgan fingerprint density at radius 2 is 1.82 bits per heavy atom. The summed E-state index contributed by atoms with van der Waals surface area (Å²) in [4.78, 5) is 13.0. The monoisotopic (exact) mass is 372 g/mol. The third-order valence-corrected chi connectivity index (χ3v) is 5.40. The summed E-state index contributed by atoms with van der Waals surface area (Å²) in [5.41, 5.74) is 0.763. The number of nitrogens with zero attached hydrogens (tertiary/aromatic N) is 4. The highest BCUT2D eigenvalue weighted by Crippen LogP contribution is 2.35. The summed E-state index contributed by atoms with van der Waals surface area (Å²) in [6, 6.07) is 15.5. The van der Waals surface area contributed by atoms with Gasteiger partial charge in [0, 0.05) is 11.6 Å². The van der Waals surface area contributed by atoms with Gasteiger partial charge in [0.25, 0.3) is 5.56 Å². The minimum atomic E-state index is -0.398. The van der Waals surface area contributed by atoms with Gasteiger partial charge >= 0.3 is 0 Å². The van der Waals surface area contributed by atoms with Crippen molar-refractivity contribution in [1.29, 1.82) is 5.26 Å². The Morgan fingerprint density at radius 3 is 2.54 bits per heavy atom. The van der Waals surface area contributed by atoms with Crippen LogP contribution >= 0.6 is 0 Å². The van der Waals surface area contributed by atoms with Gasteiger partial charge in [-0.3, -0.25) is 9.36 Å². The Kier molecular flexibility index (Phi) is 4.66. The lowest BCUT2D eigenvalue weighted by atomic mass is 10.1. The topological polar surface area (TPSA) is 90.7 Å². The fourth-order valence-electron chi connectivity index (χ4n) is 3.88. The third-order valence-electron chi connectivity index (χ3n) is 5.40. The van der Waals surface area contributed by atoms with Crippen molar-refractivity contribution in [2.75, 3.05) is 0 Å². The quantitative estimate of drug-likeness (QED) is 0.623. The molecule has 6 nitrogen and oxygen atoms in total. The van der Waals surface area contributed by atoms with Crippen LogP contribution in [0, 0.1) is 18.3 Å². The van der Waals surface area contributed by atoms with Crippen LogP contribution in [0.25, 0.3) is 10.8 Å². The van der Waals surface area contributed by atoms with Crippen molar-refractivity contribution in [3.05, 3.63) is 63.9 Å². The molecule has 1 saturated carbocycles. The molecule has 1 heterocycles. The predicted octanol–water partition coefficient (Wildman–Crippen LogP) is 5.42. The normalized spacial score (nSPS) is 14.7. The van der Waals surface area contributed by atoms with E-state index in [1.54, 1.807) is 6.92 Å². The molecule has 1 N–H and O–H groups in total. The van der Waals surface area contributed by atoms with Gasteiger partial charge < -0.3 is 5.11 Å². The van der Waals surface area contributed by atoms with Crippen LogP contribution in [-0.2, 0) is 0 Å². The molecule has 4 rings (SSSR count). The molecule has 1 aliphatic carbocycles. The molecule has 0 radical (unpaired) electrons. The summed E-state index contributed by atoms with van der Waals surface area (Å²) in [5, 5.41) is 30.6. The van der Waals surface area contributed by atoms with E-state index in [1.807, 2.05) is 48.5 Å². The molecule has 2 aromatic carbocycles. The zero-order chi connectivity index (χ0) is 19.7. The molecule has 3 aromatic rings. The van der Waals surface area contributed by atoms with Gasteiger partial charge in [-0.15, -0.1) is 5.11 Å². The lowest BCUT2D eigenvalue weighted by molar-refractivity contribution is 0.368. The highest BCUT2D eigenvalue weighted by molar-refractivity contribution is 5.85. The molecular formula is C22H20N4O2. The van der Waals surface area contributed by atoms with E-state index in [-0.39, 0.29) is 23.2 Å². The van der Waals surface area contributed by atoms with Crippen molar-refractivity contribution >= 4 is 22.1 Å². The first kappa shape index (κ1) is 17.9. The maximum Gasteiger partial charge on any atom is 0.281 e. The Bertz CT molecular complexity index is 1180. The lowest BCUT2D eigenvalue weighted by Crippen LogP contribution is -2.24. The van der Waals surface area contributed by atoms with E-state index in [0.29, 0.717) is 11.3 Å². The zero-order valence-corrected chi connectivity index (χ0v) is 15.6. The van der Waals surface area contributed by atoms with Crippen molar-refractivity contribution in [2.24, 2.45) is 10.2 Å². The summed E-state index contributed by atoms with van der Waals surface area (Å²) >= 11 is 0. The number of hydrogen-bond donors (Lipinski definition) is 1. The van der Waals surface area contributed by atoms with E-state index in [4.69, 9.17) is 0 Å². The Hall–Kier alpha value is -3.46. The van der Waals surface area contributed by atoms with Crippen LogP contribution in [0.5, 0.6) is 5.88 Å². The molecule has 1 fully saturated rings. The first-order valence-corrected chi connectivity index (χ1v) is 9.39. The van der Waals surface area contributed by atoms with Crippen molar-refractivity contribution in [2.45, 2.75) is 38.6 Å². The molecule has 0 bridgehead atoms. The number of aromatic hydroxyl groups is 1. The van der Waals surface area contributed by atoms with Crippen LogP contribution in [0.2, 0.25) is 0 Å². The lowest BCUT2D eigenvalue weighted by Gasteiger charge is -2.18. The zero-order valence-electron chi connectivity index (χ0n) is 15.6. The smallest absolute Gasteiger partial charge is 0.281 e. The van der Waals surface area contributed by atoms with E-state index >= 15 is 0 Å². The maximum absolute atomic E-state index is 13.0. The Morgan fingerprint density at radius 1 is 1.11 bits per heavy atom. The molecule has 1 aliphatic rings. The van der Waals surface area contributed by atoms with Gasteiger partial charge in [-0.2, -0.15) is 10.4 Å². The number of rotatable bonds is 3. The number of nitriles is 1. The number of aromatic nitrogens is 1. The van der Waals surface area contributed by atoms with Crippen molar-refractivity contribution < 1.29 is 5.11 Å². The van der Waals surface area contributed by atoms with Gasteiger partial charge in [0.15, 0.2) is 5.69 Å². The average Bonchev–Trinajstić information content (AvgIpc) is 3.22. The summed E-state index contributed by atoms with van der Waals surface area (Å²) < 4.78 is 1.33. The molecule has 0 amide bonds. The molecule has 0 saturated heterocycles. The average molecular weight is 372 g/mol. The number of pyridine rings is 1. The van der Waals surface area contributed by atoms with E-state index < -0.39 is 5.56 Å². The summed E-state index contributed by atoms with van der Waals surface area (Å²) in [6.07, 6.45) is 3.62. The summed E-state index contributed by atoms with van der Waals surface area (Å²) in [7, 11) is 0. The fourth-order valence-corrected chi connectivity index (χ4v) is 3.88. The fraction of sp³-hybridized carbons (Fsp3) is 0.273. The van der Waals surface area contributed by atoms with E-state index in [1.165, 1.54) is 4.57 Å². The Balaban J connectivity index is 1.82. The molecule has 28 heavy (non-hydrogen) atoms. The van der Waals surface area contributed by atoms with Crippen LogP contribution < -0.4 is 5.56 Å². The van der Waals surface area contributed by atoms with Crippen LogP contribution in [0.15, 0.2) is 57.5 Å². The first-order chi connectivity index (χ1) is 13.6. The van der Waals surface area contributed by atoms with Gasteiger partial charge in [0.05, 0.1) is 5.69 Å². The van der Waals surface area contributed by atoms with E-state index in [0.717, 1.165) is 36.5 Å². The second-order valence-electron chi connectivity index (χ2n) is 7.13. The summed E-state index contributed by atoms with van der Waals surface area (Å²) in [6.45, 7) is 1.62. The second kappa shape index (κ2) is 7.28. The SMILES string of the molecule is Cc1c(C#N)c(O)n(C2CCCC2)c(=O)c1N=Nc1ccc2ccccc2c1. The van der Waals surface area contributed by atoms with Crippen molar-refractivity contribution in [1.82, 2.24) is 4.57 Å². The highest BCUT2D eigenvalue weighted by Gasteiger charge is 2.26. The van der Waals surface area contributed by atoms with E-state index in [9.17, 15) is 15.2 Å². The molecular weight excluding hydrogens is 352 g/mol. The van der Waals surface area contributed by atoms with Gasteiger partial charge in [0.1, 0.15) is 11.6 Å². The minimum Gasteiger partial charge on any atom is -0.493 e. The van der Waals surface area contributed by atoms with Crippen LogP contribution in [-0.4, -0.2) is 9.67 Å². The minimum absolute atomic E-state index is 0.0824. The van der Waals surface area contributed by atoms with Gasteiger partial charge in [-0.05, 0) is 42.7 Å². The van der Waals surface area contributed by atoms with Crippen LogP contribution in [0.3, 0.4) is 0 Å². The molecule has 6 heteroatoms. The van der Waals surface area contributed by atoms with Gasteiger partial charge in [0.2, 0.25) is 5.88 Å². The second-order valence-corrected chi connectivity index (χ2v) is 7.13. The third kappa shape index (κ3) is 3.05. The number of hydrogen-bond acceptors (Lipinski definition) is 5. The molecule has 0 spiro atoms. The van der Waals surface area contributed by atoms with Crippen LogP contribution in [0.4, 0.5) is 11.4 Å². The van der Waals surface area contributed by atoms with Crippen LogP contribution in [0.1, 0.15) is 42.9 Å². The molecule has 0 unspecified atom stereocenters. The standard InChI is InChI=1S/C22H20N4O2/c1-14-19(13-23)21(27)26(18-8-4-5-9-18)22(28)20(14)25-24-17-11-10-15-6-2-3-7-16(15)12-17/h2-3,6-7,10-12,18,27H,4-5,8-9H2,1H3. The molecule has 140 valence electrons. The van der Waals surface area contributed by atoms with Gasteiger partial charge in [-0.1, -0.05) is 43.2 Å². The Labute approximate surface area is 162 Å². The maximum atomic E-state index is 13.0. The van der Waals surface area contributed by atoms with Crippen molar-refractivity contribution in [3.8, 4) is 11.9 Å². The first-order valence-electron chi connectivity index (χ1n) is 9.39. The molecule has 0 atom stereocenters.